The van der Waals surface area contributed by atoms with Crippen molar-refractivity contribution in [3.8, 4) is 0 Å². The highest BCUT2D eigenvalue weighted by Crippen LogP contribution is 2.05. The molecule has 1 N–H and O–H groups in total. The third-order valence-electron chi connectivity index (χ3n) is 3.48. The fourth-order valence-electron chi connectivity index (χ4n) is 2.24. The highest BCUT2D eigenvalue weighted by Gasteiger charge is 2.20. The van der Waals surface area contributed by atoms with Gasteiger partial charge in [0.2, 0.25) is 0 Å². The molecule has 0 saturated carbocycles. The number of piperazine rings is 1. The first kappa shape index (κ1) is 13.9. The van der Waals surface area contributed by atoms with Crippen LogP contribution >= 0.6 is 0 Å². The van der Waals surface area contributed by atoms with E-state index in [4.69, 9.17) is 4.42 Å². The molecule has 0 bridgehead atoms. The van der Waals surface area contributed by atoms with Gasteiger partial charge in [0.25, 0.3) is 0 Å². The van der Waals surface area contributed by atoms with E-state index in [2.05, 4.69) is 17.1 Å². The second-order valence-corrected chi connectivity index (χ2v) is 4.92. The Morgan fingerprint density at radius 1 is 1.37 bits per heavy atom. The number of nitrogens with zero attached hydrogens (tertiary/aromatic N) is 2. The molecule has 1 aliphatic rings. The molecule has 0 aromatic carbocycles. The normalized spacial score (nSPS) is 16.6. The molecule has 1 aromatic rings. The molecule has 5 heteroatoms. The summed E-state index contributed by atoms with van der Waals surface area (Å²) in [7, 11) is 0. The van der Waals surface area contributed by atoms with Crippen LogP contribution in [-0.2, 0) is 6.54 Å². The molecule has 0 aliphatic carbocycles. The number of amides is 2. The van der Waals surface area contributed by atoms with Crippen LogP contribution in [0, 0.1) is 0 Å². The molecule has 1 aliphatic heterocycles. The molecule has 0 spiro atoms. The molecule has 1 aromatic heterocycles. The van der Waals surface area contributed by atoms with E-state index in [-0.39, 0.29) is 6.03 Å². The van der Waals surface area contributed by atoms with Gasteiger partial charge in [-0.05, 0) is 25.1 Å². The van der Waals surface area contributed by atoms with Crippen LogP contribution in [0.2, 0.25) is 0 Å². The highest BCUT2D eigenvalue weighted by molar-refractivity contribution is 5.74. The summed E-state index contributed by atoms with van der Waals surface area (Å²) in [5.41, 5.74) is 0. The monoisotopic (exact) mass is 265 g/mol. The SMILES string of the molecule is CCCCN1CCN(C(=O)NCc2ccco2)CC1. The average Bonchev–Trinajstić information content (AvgIpc) is 2.96. The predicted octanol–water partition coefficient (Wildman–Crippen LogP) is 1.91. The predicted molar refractivity (Wildman–Crippen MR) is 73.9 cm³/mol. The van der Waals surface area contributed by atoms with E-state index in [1.807, 2.05) is 17.0 Å². The standard InChI is InChI=1S/C14H23N3O2/c1-2-3-6-16-7-9-17(10-8-16)14(18)15-12-13-5-4-11-19-13/h4-5,11H,2-3,6-10,12H2,1H3,(H,15,18). The van der Waals surface area contributed by atoms with E-state index in [1.54, 1.807) is 6.26 Å². The number of hydrogen-bond acceptors (Lipinski definition) is 3. The molecule has 0 radical (unpaired) electrons. The van der Waals surface area contributed by atoms with Crippen LogP contribution in [0.4, 0.5) is 4.79 Å². The van der Waals surface area contributed by atoms with Gasteiger partial charge in [-0.2, -0.15) is 0 Å². The fourth-order valence-corrected chi connectivity index (χ4v) is 2.24. The second kappa shape index (κ2) is 7.19. The van der Waals surface area contributed by atoms with Gasteiger partial charge < -0.3 is 14.6 Å². The van der Waals surface area contributed by atoms with E-state index in [9.17, 15) is 4.79 Å². The molecule has 5 nitrogen and oxygen atoms in total. The minimum absolute atomic E-state index is 0.00606. The van der Waals surface area contributed by atoms with E-state index >= 15 is 0 Å². The Bertz CT molecular complexity index is 370. The lowest BCUT2D eigenvalue weighted by atomic mass is 10.2. The zero-order valence-electron chi connectivity index (χ0n) is 11.6. The minimum atomic E-state index is 0.00606. The van der Waals surface area contributed by atoms with Gasteiger partial charge in [0, 0.05) is 26.2 Å². The number of unbranched alkanes of at least 4 members (excludes halogenated alkanes) is 1. The molecule has 19 heavy (non-hydrogen) atoms. The van der Waals surface area contributed by atoms with E-state index in [0.29, 0.717) is 6.54 Å². The third kappa shape index (κ3) is 4.28. The first-order chi connectivity index (χ1) is 9.29. The lowest BCUT2D eigenvalue weighted by molar-refractivity contribution is 0.137. The minimum Gasteiger partial charge on any atom is -0.467 e. The fraction of sp³-hybridized carbons (Fsp3) is 0.643. The quantitative estimate of drug-likeness (QED) is 0.884. The molecule has 1 saturated heterocycles. The third-order valence-corrected chi connectivity index (χ3v) is 3.48. The lowest BCUT2D eigenvalue weighted by Crippen LogP contribution is -2.51. The Balaban J connectivity index is 1.67. The Kier molecular flexibility index (Phi) is 5.27. The molecule has 2 heterocycles. The number of hydrogen-bond donors (Lipinski definition) is 1. The first-order valence-electron chi connectivity index (χ1n) is 7.07. The van der Waals surface area contributed by atoms with Gasteiger partial charge >= 0.3 is 6.03 Å². The van der Waals surface area contributed by atoms with Crippen LogP contribution < -0.4 is 5.32 Å². The van der Waals surface area contributed by atoms with Crippen molar-refractivity contribution in [2.75, 3.05) is 32.7 Å². The zero-order chi connectivity index (χ0) is 13.5. The molecule has 0 atom stereocenters. The van der Waals surface area contributed by atoms with Gasteiger partial charge in [-0.15, -0.1) is 0 Å². The number of furan rings is 1. The Hall–Kier alpha value is -1.49. The van der Waals surface area contributed by atoms with Crippen molar-refractivity contribution in [2.24, 2.45) is 0 Å². The Morgan fingerprint density at radius 2 is 2.16 bits per heavy atom. The zero-order valence-corrected chi connectivity index (χ0v) is 11.6. The van der Waals surface area contributed by atoms with Crippen molar-refractivity contribution in [2.45, 2.75) is 26.3 Å². The average molecular weight is 265 g/mol. The molecule has 0 unspecified atom stereocenters. The Labute approximate surface area is 114 Å². The number of carbonyl (C=O) groups excluding carboxylic acids is 1. The topological polar surface area (TPSA) is 48.7 Å². The van der Waals surface area contributed by atoms with Crippen molar-refractivity contribution >= 4 is 6.03 Å². The van der Waals surface area contributed by atoms with Gasteiger partial charge in [0.1, 0.15) is 5.76 Å². The number of urea groups is 1. The highest BCUT2D eigenvalue weighted by atomic mass is 16.3. The van der Waals surface area contributed by atoms with E-state index < -0.39 is 0 Å². The molecule has 106 valence electrons. The number of carbonyl (C=O) groups is 1. The summed E-state index contributed by atoms with van der Waals surface area (Å²) >= 11 is 0. The van der Waals surface area contributed by atoms with Crippen LogP contribution in [0.1, 0.15) is 25.5 Å². The number of rotatable bonds is 5. The Morgan fingerprint density at radius 3 is 2.79 bits per heavy atom. The van der Waals surface area contributed by atoms with Gasteiger partial charge in [0.15, 0.2) is 0 Å². The summed E-state index contributed by atoms with van der Waals surface area (Å²) in [4.78, 5) is 16.3. The van der Waals surface area contributed by atoms with Crippen molar-refractivity contribution in [1.29, 1.82) is 0 Å². The van der Waals surface area contributed by atoms with Gasteiger partial charge in [-0.25, -0.2) is 4.79 Å². The summed E-state index contributed by atoms with van der Waals surface area (Å²) in [5.74, 6) is 0.787. The van der Waals surface area contributed by atoms with Crippen molar-refractivity contribution in [3.05, 3.63) is 24.2 Å². The largest absolute Gasteiger partial charge is 0.467 e. The van der Waals surface area contributed by atoms with Crippen molar-refractivity contribution in [1.82, 2.24) is 15.1 Å². The van der Waals surface area contributed by atoms with Crippen LogP contribution in [0.3, 0.4) is 0 Å². The second-order valence-electron chi connectivity index (χ2n) is 4.92. The summed E-state index contributed by atoms with van der Waals surface area (Å²) in [6, 6.07) is 3.70. The van der Waals surface area contributed by atoms with Crippen molar-refractivity contribution < 1.29 is 9.21 Å². The van der Waals surface area contributed by atoms with Crippen LogP contribution in [0.25, 0.3) is 0 Å². The summed E-state index contributed by atoms with van der Waals surface area (Å²) in [5, 5.41) is 2.89. The first-order valence-corrected chi connectivity index (χ1v) is 7.07. The van der Waals surface area contributed by atoms with Crippen LogP contribution in [-0.4, -0.2) is 48.6 Å². The maximum absolute atomic E-state index is 12.0. The van der Waals surface area contributed by atoms with E-state index in [1.165, 1.54) is 12.8 Å². The lowest BCUT2D eigenvalue weighted by Gasteiger charge is -2.34. The molecule has 1 fully saturated rings. The summed E-state index contributed by atoms with van der Waals surface area (Å²) in [6.45, 7) is 7.41. The van der Waals surface area contributed by atoms with Crippen LogP contribution in [0.5, 0.6) is 0 Å². The maximum Gasteiger partial charge on any atom is 0.317 e. The van der Waals surface area contributed by atoms with E-state index in [0.717, 1.165) is 38.5 Å². The smallest absolute Gasteiger partial charge is 0.317 e. The molecule has 2 rings (SSSR count). The molecule has 2 amide bonds. The molecular weight excluding hydrogens is 242 g/mol. The van der Waals surface area contributed by atoms with Gasteiger partial charge in [0.05, 0.1) is 12.8 Å². The van der Waals surface area contributed by atoms with Gasteiger partial charge in [-0.3, -0.25) is 4.90 Å². The molecular formula is C14H23N3O2. The summed E-state index contributed by atoms with van der Waals surface area (Å²) < 4.78 is 5.19. The summed E-state index contributed by atoms with van der Waals surface area (Å²) in [6.07, 6.45) is 4.09. The van der Waals surface area contributed by atoms with Gasteiger partial charge in [-0.1, -0.05) is 13.3 Å². The van der Waals surface area contributed by atoms with Crippen LogP contribution in [0.15, 0.2) is 22.8 Å². The maximum atomic E-state index is 12.0. The number of nitrogens with one attached hydrogen (secondary N) is 1. The van der Waals surface area contributed by atoms with Crippen molar-refractivity contribution in [3.63, 3.8) is 0 Å².